The van der Waals surface area contributed by atoms with Gasteiger partial charge >= 0.3 is 0 Å². The fraction of sp³-hybridized carbons (Fsp3) is 0.235. The molecule has 1 heterocycles. The van der Waals surface area contributed by atoms with Crippen molar-refractivity contribution in [1.82, 2.24) is 4.90 Å². The molecule has 1 saturated heterocycles. The van der Waals surface area contributed by atoms with E-state index in [0.717, 1.165) is 5.69 Å². The summed E-state index contributed by atoms with van der Waals surface area (Å²) in [5, 5.41) is 11.4. The number of hydrogen-bond acceptors (Lipinski definition) is 4. The smallest absolute Gasteiger partial charge is 0.282 e. The number of amides is 1. The standard InChI is InChI=1S/C17H15ClFN3O3/c18-12-1-6-16(22(24)25)15(11-12)17(23)21-9-7-20(8-10-21)14-4-2-13(19)3-5-14/h1-6,11H,7-10H2. The van der Waals surface area contributed by atoms with Crippen LogP contribution in [0.5, 0.6) is 0 Å². The van der Waals surface area contributed by atoms with Crippen LogP contribution in [0, 0.1) is 15.9 Å². The average molecular weight is 364 g/mol. The molecule has 0 radical (unpaired) electrons. The summed E-state index contributed by atoms with van der Waals surface area (Å²) in [6.45, 7) is 1.96. The maximum absolute atomic E-state index is 13.0. The Bertz CT molecular complexity index is 805. The van der Waals surface area contributed by atoms with Crippen molar-refractivity contribution in [3.05, 3.63) is 69.0 Å². The molecule has 1 aliphatic rings. The molecule has 25 heavy (non-hydrogen) atoms. The Morgan fingerprint density at radius 1 is 1.08 bits per heavy atom. The molecule has 3 rings (SSSR count). The first-order chi connectivity index (χ1) is 12.0. The second-order valence-electron chi connectivity index (χ2n) is 5.67. The number of carbonyl (C=O) groups excluding carboxylic acids is 1. The van der Waals surface area contributed by atoms with Gasteiger partial charge in [-0.3, -0.25) is 14.9 Å². The first-order valence-corrected chi connectivity index (χ1v) is 8.07. The predicted molar refractivity (Wildman–Crippen MR) is 92.6 cm³/mol. The van der Waals surface area contributed by atoms with Crippen LogP contribution in [-0.2, 0) is 0 Å². The maximum atomic E-state index is 13.0. The number of nitrogens with zero attached hydrogens (tertiary/aromatic N) is 3. The van der Waals surface area contributed by atoms with Crippen LogP contribution in [0.25, 0.3) is 0 Å². The first-order valence-electron chi connectivity index (χ1n) is 7.69. The van der Waals surface area contributed by atoms with E-state index in [1.807, 2.05) is 4.90 Å². The zero-order chi connectivity index (χ0) is 18.0. The van der Waals surface area contributed by atoms with Gasteiger partial charge in [-0.1, -0.05) is 11.6 Å². The Morgan fingerprint density at radius 3 is 2.32 bits per heavy atom. The van der Waals surface area contributed by atoms with E-state index < -0.39 is 10.8 Å². The first kappa shape index (κ1) is 17.2. The molecule has 130 valence electrons. The van der Waals surface area contributed by atoms with Gasteiger partial charge in [0.05, 0.1) is 4.92 Å². The van der Waals surface area contributed by atoms with Gasteiger partial charge < -0.3 is 9.80 Å². The molecule has 0 N–H and O–H groups in total. The summed E-state index contributed by atoms with van der Waals surface area (Å²) in [6.07, 6.45) is 0. The molecule has 0 unspecified atom stereocenters. The van der Waals surface area contributed by atoms with Crippen molar-refractivity contribution in [2.45, 2.75) is 0 Å². The van der Waals surface area contributed by atoms with E-state index in [9.17, 15) is 19.3 Å². The summed E-state index contributed by atoms with van der Waals surface area (Å²) >= 11 is 5.89. The number of rotatable bonds is 3. The van der Waals surface area contributed by atoms with Crippen molar-refractivity contribution in [2.75, 3.05) is 31.1 Å². The van der Waals surface area contributed by atoms with E-state index in [2.05, 4.69) is 0 Å². The molecule has 0 atom stereocenters. The molecule has 0 bridgehead atoms. The fourth-order valence-electron chi connectivity index (χ4n) is 2.83. The quantitative estimate of drug-likeness (QED) is 0.619. The molecule has 0 saturated carbocycles. The lowest BCUT2D eigenvalue weighted by Crippen LogP contribution is -2.48. The molecule has 6 nitrogen and oxygen atoms in total. The minimum absolute atomic E-state index is 0.00673. The summed E-state index contributed by atoms with van der Waals surface area (Å²) in [6, 6.07) is 10.1. The summed E-state index contributed by atoms with van der Waals surface area (Å²) in [4.78, 5) is 26.8. The molecule has 1 fully saturated rings. The van der Waals surface area contributed by atoms with Crippen LogP contribution < -0.4 is 4.90 Å². The Balaban J connectivity index is 1.73. The summed E-state index contributed by atoms with van der Waals surface area (Å²) in [5.74, 6) is -0.709. The number of anilines is 1. The minimum Gasteiger partial charge on any atom is -0.368 e. The van der Waals surface area contributed by atoms with Gasteiger partial charge in [0.1, 0.15) is 11.4 Å². The number of hydrogen-bond donors (Lipinski definition) is 0. The number of nitro groups is 1. The molecule has 0 aliphatic carbocycles. The van der Waals surface area contributed by atoms with Crippen LogP contribution >= 0.6 is 11.6 Å². The number of carbonyl (C=O) groups is 1. The summed E-state index contributed by atoms with van der Waals surface area (Å²) in [5.41, 5.74) is 0.616. The van der Waals surface area contributed by atoms with Crippen molar-refractivity contribution in [2.24, 2.45) is 0 Å². The molecule has 2 aromatic rings. The highest BCUT2D eigenvalue weighted by molar-refractivity contribution is 6.31. The van der Waals surface area contributed by atoms with Crippen molar-refractivity contribution >= 4 is 28.9 Å². The zero-order valence-electron chi connectivity index (χ0n) is 13.2. The van der Waals surface area contributed by atoms with Crippen molar-refractivity contribution in [3.63, 3.8) is 0 Å². The third kappa shape index (κ3) is 3.71. The Kier molecular flexibility index (Phi) is 4.85. The molecule has 0 spiro atoms. The lowest BCUT2D eigenvalue weighted by Gasteiger charge is -2.36. The monoisotopic (exact) mass is 363 g/mol. The third-order valence-corrected chi connectivity index (χ3v) is 4.38. The normalized spacial score (nSPS) is 14.5. The van der Waals surface area contributed by atoms with Crippen molar-refractivity contribution in [3.8, 4) is 0 Å². The van der Waals surface area contributed by atoms with E-state index in [1.54, 1.807) is 17.0 Å². The predicted octanol–water partition coefficient (Wildman–Crippen LogP) is 3.35. The van der Waals surface area contributed by atoms with Gasteiger partial charge in [-0.2, -0.15) is 0 Å². The molecular formula is C17H15ClFN3O3. The van der Waals surface area contributed by atoms with E-state index in [4.69, 9.17) is 11.6 Å². The number of halogens is 2. The Labute approximate surface area is 148 Å². The summed E-state index contributed by atoms with van der Waals surface area (Å²) < 4.78 is 13.0. The molecule has 1 amide bonds. The highest BCUT2D eigenvalue weighted by atomic mass is 35.5. The van der Waals surface area contributed by atoms with Gasteiger partial charge in [0, 0.05) is 43.0 Å². The van der Waals surface area contributed by atoms with Gasteiger partial charge in [-0.25, -0.2) is 4.39 Å². The second-order valence-corrected chi connectivity index (χ2v) is 6.11. The lowest BCUT2D eigenvalue weighted by atomic mass is 10.1. The molecule has 8 heteroatoms. The number of benzene rings is 2. The van der Waals surface area contributed by atoms with Gasteiger partial charge in [-0.15, -0.1) is 0 Å². The maximum Gasteiger partial charge on any atom is 0.282 e. The van der Waals surface area contributed by atoms with E-state index in [-0.39, 0.29) is 22.1 Å². The highest BCUT2D eigenvalue weighted by Gasteiger charge is 2.27. The van der Waals surface area contributed by atoms with E-state index >= 15 is 0 Å². The third-order valence-electron chi connectivity index (χ3n) is 4.14. The van der Waals surface area contributed by atoms with Gasteiger partial charge in [0.2, 0.25) is 0 Å². The molecule has 2 aromatic carbocycles. The second kappa shape index (κ2) is 7.06. The van der Waals surface area contributed by atoms with Gasteiger partial charge in [0.15, 0.2) is 0 Å². The highest BCUT2D eigenvalue weighted by Crippen LogP contribution is 2.25. The topological polar surface area (TPSA) is 66.7 Å². The lowest BCUT2D eigenvalue weighted by molar-refractivity contribution is -0.385. The molecular weight excluding hydrogens is 349 g/mol. The summed E-state index contributed by atoms with van der Waals surface area (Å²) in [7, 11) is 0. The van der Waals surface area contributed by atoms with Crippen LogP contribution in [0.1, 0.15) is 10.4 Å². The minimum atomic E-state index is -0.585. The number of nitro benzene ring substituents is 1. The van der Waals surface area contributed by atoms with Crippen LogP contribution in [0.2, 0.25) is 5.02 Å². The largest absolute Gasteiger partial charge is 0.368 e. The fourth-order valence-corrected chi connectivity index (χ4v) is 3.00. The van der Waals surface area contributed by atoms with E-state index in [1.165, 1.54) is 30.3 Å². The Morgan fingerprint density at radius 2 is 1.72 bits per heavy atom. The van der Waals surface area contributed by atoms with Crippen LogP contribution in [0.3, 0.4) is 0 Å². The Hall–Kier alpha value is -2.67. The van der Waals surface area contributed by atoms with Crippen LogP contribution in [0.15, 0.2) is 42.5 Å². The SMILES string of the molecule is O=C(c1cc(Cl)ccc1[N+](=O)[O-])N1CCN(c2ccc(F)cc2)CC1. The van der Waals surface area contributed by atoms with Crippen molar-refractivity contribution in [1.29, 1.82) is 0 Å². The van der Waals surface area contributed by atoms with Crippen LogP contribution in [0.4, 0.5) is 15.8 Å². The van der Waals surface area contributed by atoms with Gasteiger partial charge in [-0.05, 0) is 36.4 Å². The van der Waals surface area contributed by atoms with Gasteiger partial charge in [0.25, 0.3) is 11.6 Å². The zero-order valence-corrected chi connectivity index (χ0v) is 13.9. The van der Waals surface area contributed by atoms with Crippen LogP contribution in [-0.4, -0.2) is 41.9 Å². The average Bonchev–Trinajstić information content (AvgIpc) is 2.61. The van der Waals surface area contributed by atoms with Crippen molar-refractivity contribution < 1.29 is 14.1 Å². The number of piperazine rings is 1. The molecule has 0 aromatic heterocycles. The van der Waals surface area contributed by atoms with E-state index in [0.29, 0.717) is 26.2 Å². The molecule has 1 aliphatic heterocycles.